The second kappa shape index (κ2) is 8.58. The minimum Gasteiger partial charge on any atom is -0.342 e. The minimum atomic E-state index is 0.180. The van der Waals surface area contributed by atoms with Gasteiger partial charge in [-0.3, -0.25) is 4.79 Å². The Morgan fingerprint density at radius 2 is 1.70 bits per heavy atom. The number of fused-ring (bicyclic) bond motifs is 1. The molecule has 30 heavy (non-hydrogen) atoms. The van der Waals surface area contributed by atoms with Gasteiger partial charge in [0.05, 0.1) is 11.0 Å². The fourth-order valence-corrected chi connectivity index (χ4v) is 5.59. The first-order valence-electron chi connectivity index (χ1n) is 11.9. The molecule has 1 aromatic heterocycles. The Morgan fingerprint density at radius 1 is 0.967 bits per heavy atom. The molecule has 0 aliphatic carbocycles. The number of nitrogens with one attached hydrogen (secondary N) is 1. The van der Waals surface area contributed by atoms with Crippen molar-refractivity contribution >= 4 is 22.9 Å². The van der Waals surface area contributed by atoms with Gasteiger partial charge in [0.2, 0.25) is 11.9 Å². The molecule has 0 saturated carbocycles. The number of likely N-dealkylation sites (tertiary alicyclic amines) is 2. The van der Waals surface area contributed by atoms with Gasteiger partial charge in [-0.15, -0.1) is 0 Å². The van der Waals surface area contributed by atoms with Gasteiger partial charge >= 0.3 is 0 Å². The predicted molar refractivity (Wildman–Crippen MR) is 121 cm³/mol. The van der Waals surface area contributed by atoms with Gasteiger partial charge in [0.1, 0.15) is 0 Å². The van der Waals surface area contributed by atoms with E-state index in [1.807, 2.05) is 0 Å². The normalized spacial score (nSPS) is 22.7. The van der Waals surface area contributed by atoms with Crippen molar-refractivity contribution in [2.24, 2.45) is 5.92 Å². The van der Waals surface area contributed by atoms with E-state index >= 15 is 0 Å². The number of carbonyl (C=O) groups excluding carboxylic acids is 1. The Labute approximate surface area is 179 Å². The third-order valence-electron chi connectivity index (χ3n) is 7.45. The molecule has 3 fully saturated rings. The molecule has 6 nitrogen and oxygen atoms in total. The van der Waals surface area contributed by atoms with Gasteiger partial charge in [-0.1, -0.05) is 12.5 Å². The molecule has 0 bridgehead atoms. The lowest BCUT2D eigenvalue weighted by Gasteiger charge is -2.41. The summed E-state index contributed by atoms with van der Waals surface area (Å²) in [5.41, 5.74) is 3.36. The van der Waals surface area contributed by atoms with Crippen molar-refractivity contribution in [3.63, 3.8) is 0 Å². The molecule has 2 aromatic rings. The number of aryl methyl sites for hydroxylation is 1. The molecule has 5 rings (SSSR count). The fourth-order valence-electron chi connectivity index (χ4n) is 5.59. The number of nitrogens with zero attached hydrogens (tertiary/aromatic N) is 4. The smallest absolute Gasteiger partial charge is 0.225 e. The molecule has 0 atom stereocenters. The molecule has 6 heteroatoms. The molecule has 1 N–H and O–H groups in total. The number of rotatable bonds is 3. The van der Waals surface area contributed by atoms with Crippen molar-refractivity contribution in [2.75, 3.05) is 44.2 Å². The summed E-state index contributed by atoms with van der Waals surface area (Å²) in [5.74, 6) is 1.52. The number of carbonyl (C=O) groups is 1. The number of hydrogen-bond acceptors (Lipinski definition) is 4. The first kappa shape index (κ1) is 19.9. The van der Waals surface area contributed by atoms with Crippen LogP contribution in [0.1, 0.15) is 50.5 Å². The molecule has 3 aliphatic rings. The van der Waals surface area contributed by atoms with E-state index in [9.17, 15) is 4.79 Å². The van der Waals surface area contributed by atoms with E-state index in [0.717, 1.165) is 68.8 Å². The van der Waals surface area contributed by atoms with E-state index in [2.05, 4.69) is 44.8 Å². The highest BCUT2D eigenvalue weighted by atomic mass is 16.2. The molecular weight excluding hydrogens is 374 g/mol. The summed E-state index contributed by atoms with van der Waals surface area (Å²) in [6.07, 6.45) is 8.26. The van der Waals surface area contributed by atoms with Crippen LogP contribution in [0.25, 0.3) is 11.0 Å². The van der Waals surface area contributed by atoms with Gasteiger partial charge in [-0.2, -0.15) is 0 Å². The number of aromatic nitrogens is 2. The zero-order chi connectivity index (χ0) is 20.5. The molecule has 0 radical (unpaired) electrons. The number of imidazole rings is 1. The summed E-state index contributed by atoms with van der Waals surface area (Å²) in [6, 6.07) is 7.03. The number of anilines is 1. The summed E-state index contributed by atoms with van der Waals surface area (Å²) in [6.45, 7) is 8.33. The fraction of sp³-hybridized carbons (Fsp3) is 0.667. The number of benzene rings is 1. The van der Waals surface area contributed by atoms with Crippen LogP contribution in [-0.2, 0) is 4.79 Å². The van der Waals surface area contributed by atoms with Crippen molar-refractivity contribution < 1.29 is 4.79 Å². The number of hydrogen-bond donors (Lipinski definition) is 1. The first-order chi connectivity index (χ1) is 14.7. The Bertz CT molecular complexity index is 871. The monoisotopic (exact) mass is 409 g/mol. The van der Waals surface area contributed by atoms with E-state index in [1.165, 1.54) is 37.9 Å². The summed E-state index contributed by atoms with van der Waals surface area (Å²) in [7, 11) is 0. The van der Waals surface area contributed by atoms with Gasteiger partial charge in [-0.05, 0) is 76.2 Å². The van der Waals surface area contributed by atoms with E-state index in [0.29, 0.717) is 11.9 Å². The molecule has 4 heterocycles. The number of H-pyrrole nitrogens is 1. The van der Waals surface area contributed by atoms with Gasteiger partial charge in [-0.25, -0.2) is 4.98 Å². The van der Waals surface area contributed by atoms with Crippen molar-refractivity contribution in [1.29, 1.82) is 0 Å². The molecule has 1 aromatic carbocycles. The Hall–Kier alpha value is -2.08. The topological polar surface area (TPSA) is 55.5 Å². The molecular formula is C24H35N5O. The number of amides is 1. The van der Waals surface area contributed by atoms with Crippen LogP contribution < -0.4 is 4.90 Å². The lowest BCUT2D eigenvalue weighted by Crippen LogP contribution is -2.50. The SMILES string of the molecule is Cc1ccc2nc(N3CCC(C(=O)N4CCC(N5CCCCC5)CC4)CC3)[nH]c2c1. The third kappa shape index (κ3) is 4.07. The standard InChI is InChI=1S/C24H35N5O/c1-18-5-6-21-22(17-18)26-24(25-21)29-13-7-19(8-14-29)23(30)28-15-9-20(10-16-28)27-11-3-2-4-12-27/h5-6,17,19-20H,2-4,7-16H2,1H3,(H,25,26). The highest BCUT2D eigenvalue weighted by Crippen LogP contribution is 2.27. The van der Waals surface area contributed by atoms with E-state index < -0.39 is 0 Å². The maximum atomic E-state index is 13.1. The largest absolute Gasteiger partial charge is 0.342 e. The second-order valence-electron chi connectivity index (χ2n) is 9.50. The van der Waals surface area contributed by atoms with Crippen molar-refractivity contribution in [1.82, 2.24) is 19.8 Å². The highest BCUT2D eigenvalue weighted by Gasteiger charge is 2.33. The zero-order valence-electron chi connectivity index (χ0n) is 18.3. The van der Waals surface area contributed by atoms with Crippen LogP contribution in [0.2, 0.25) is 0 Å². The van der Waals surface area contributed by atoms with E-state index in [1.54, 1.807) is 0 Å². The molecule has 162 valence electrons. The maximum absolute atomic E-state index is 13.1. The third-order valence-corrected chi connectivity index (χ3v) is 7.45. The van der Waals surface area contributed by atoms with Gasteiger partial charge in [0.25, 0.3) is 0 Å². The van der Waals surface area contributed by atoms with Crippen LogP contribution in [0, 0.1) is 12.8 Å². The zero-order valence-corrected chi connectivity index (χ0v) is 18.3. The second-order valence-corrected chi connectivity index (χ2v) is 9.50. The van der Waals surface area contributed by atoms with Crippen LogP contribution in [0.4, 0.5) is 5.95 Å². The predicted octanol–water partition coefficient (Wildman–Crippen LogP) is 3.56. The Kier molecular flexibility index (Phi) is 5.68. The van der Waals surface area contributed by atoms with Gasteiger partial charge < -0.3 is 19.7 Å². The van der Waals surface area contributed by atoms with Crippen LogP contribution in [0.15, 0.2) is 18.2 Å². The Morgan fingerprint density at radius 3 is 2.43 bits per heavy atom. The lowest BCUT2D eigenvalue weighted by molar-refractivity contribution is -0.137. The minimum absolute atomic E-state index is 0.180. The maximum Gasteiger partial charge on any atom is 0.225 e. The average molecular weight is 410 g/mol. The molecule has 0 unspecified atom stereocenters. The van der Waals surface area contributed by atoms with Gasteiger partial charge in [0.15, 0.2) is 0 Å². The number of piperidine rings is 3. The molecule has 1 amide bonds. The summed E-state index contributed by atoms with van der Waals surface area (Å²) >= 11 is 0. The van der Waals surface area contributed by atoms with Crippen LogP contribution in [-0.4, -0.2) is 71.0 Å². The first-order valence-corrected chi connectivity index (χ1v) is 11.9. The van der Waals surface area contributed by atoms with E-state index in [4.69, 9.17) is 4.98 Å². The van der Waals surface area contributed by atoms with Crippen molar-refractivity contribution in [2.45, 2.75) is 57.9 Å². The lowest BCUT2D eigenvalue weighted by atomic mass is 9.93. The van der Waals surface area contributed by atoms with Gasteiger partial charge in [0, 0.05) is 38.1 Å². The average Bonchev–Trinajstić information content (AvgIpc) is 3.23. The Balaban J connectivity index is 1.13. The van der Waals surface area contributed by atoms with Crippen LogP contribution in [0.5, 0.6) is 0 Å². The van der Waals surface area contributed by atoms with Crippen LogP contribution in [0.3, 0.4) is 0 Å². The molecule has 0 spiro atoms. The van der Waals surface area contributed by atoms with Crippen molar-refractivity contribution in [3.05, 3.63) is 23.8 Å². The molecule has 3 aliphatic heterocycles. The van der Waals surface area contributed by atoms with Crippen molar-refractivity contribution in [3.8, 4) is 0 Å². The quantitative estimate of drug-likeness (QED) is 0.842. The molecule has 3 saturated heterocycles. The summed E-state index contributed by atoms with van der Waals surface area (Å²) < 4.78 is 0. The number of aromatic amines is 1. The summed E-state index contributed by atoms with van der Waals surface area (Å²) in [4.78, 5) is 28.5. The highest BCUT2D eigenvalue weighted by molar-refractivity contribution is 5.80. The van der Waals surface area contributed by atoms with Crippen LogP contribution >= 0.6 is 0 Å². The van der Waals surface area contributed by atoms with E-state index in [-0.39, 0.29) is 5.92 Å². The summed E-state index contributed by atoms with van der Waals surface area (Å²) in [5, 5.41) is 0.